The number of hydrogen-bond donors (Lipinski definition) is 0. The maximum Gasteiger partial charge on any atom is 0.164 e. The second kappa shape index (κ2) is 6.32. The van der Waals surface area contributed by atoms with Crippen LogP contribution in [0, 0.1) is 0 Å². The van der Waals surface area contributed by atoms with Crippen LogP contribution in [0.5, 0.6) is 5.75 Å². The molecule has 0 aliphatic heterocycles. The first kappa shape index (κ1) is 14.8. The molecule has 0 atom stereocenters. The molecule has 0 N–H and O–H groups in total. The number of nitrogens with zero attached hydrogens (tertiary/aromatic N) is 3. The van der Waals surface area contributed by atoms with Gasteiger partial charge >= 0.3 is 0 Å². The number of pyridine rings is 1. The summed E-state index contributed by atoms with van der Waals surface area (Å²) in [5.74, 6) is 1.47. The van der Waals surface area contributed by atoms with Crippen molar-refractivity contribution < 1.29 is 4.74 Å². The van der Waals surface area contributed by atoms with Gasteiger partial charge < -0.3 is 4.74 Å². The zero-order valence-electron chi connectivity index (χ0n) is 12.8. The molecule has 0 radical (unpaired) electrons. The number of benzene rings is 1. The molecule has 0 aliphatic rings. The van der Waals surface area contributed by atoms with Crippen molar-refractivity contribution in [2.45, 2.75) is 24.1 Å². The van der Waals surface area contributed by atoms with Gasteiger partial charge in [-0.2, -0.15) is 0 Å². The van der Waals surface area contributed by atoms with Crippen LogP contribution in [0.4, 0.5) is 0 Å². The minimum atomic E-state index is 0.441. The third kappa shape index (κ3) is 3.04. The largest absolute Gasteiger partial charge is 0.497 e. The Morgan fingerprint density at radius 1 is 1.09 bits per heavy atom. The van der Waals surface area contributed by atoms with E-state index in [0.29, 0.717) is 11.1 Å². The lowest BCUT2D eigenvalue weighted by Gasteiger charge is -2.10. The molecule has 5 heteroatoms. The molecule has 0 saturated heterocycles. The van der Waals surface area contributed by atoms with E-state index in [4.69, 9.17) is 9.72 Å². The maximum absolute atomic E-state index is 5.28. The smallest absolute Gasteiger partial charge is 0.164 e. The van der Waals surface area contributed by atoms with Gasteiger partial charge in [-0.25, -0.2) is 15.0 Å². The Morgan fingerprint density at radius 2 is 1.95 bits per heavy atom. The molecule has 112 valence electrons. The third-order valence-corrected chi connectivity index (χ3v) is 4.12. The molecule has 3 aromatic rings. The monoisotopic (exact) mass is 311 g/mol. The fraction of sp³-hybridized carbons (Fsp3) is 0.235. The van der Waals surface area contributed by atoms with Crippen molar-refractivity contribution in [1.82, 2.24) is 15.0 Å². The summed E-state index contributed by atoms with van der Waals surface area (Å²) in [6.45, 7) is 4.31. The molecule has 0 bridgehead atoms. The predicted octanol–water partition coefficient (Wildman–Crippen LogP) is 4.20. The van der Waals surface area contributed by atoms with Gasteiger partial charge in [0, 0.05) is 17.0 Å². The molecule has 0 fully saturated rings. The molecule has 0 spiro atoms. The zero-order chi connectivity index (χ0) is 15.5. The van der Waals surface area contributed by atoms with E-state index >= 15 is 0 Å². The molecule has 2 heterocycles. The van der Waals surface area contributed by atoms with Gasteiger partial charge in [0.2, 0.25) is 0 Å². The molecule has 4 nitrogen and oxygen atoms in total. The van der Waals surface area contributed by atoms with Crippen molar-refractivity contribution in [3.05, 3.63) is 42.6 Å². The van der Waals surface area contributed by atoms with E-state index < -0.39 is 0 Å². The Hall–Kier alpha value is -2.14. The van der Waals surface area contributed by atoms with E-state index in [9.17, 15) is 0 Å². The molecule has 3 rings (SSSR count). The second-order valence-electron chi connectivity index (χ2n) is 5.13. The van der Waals surface area contributed by atoms with E-state index in [1.807, 2.05) is 36.4 Å². The van der Waals surface area contributed by atoms with Crippen LogP contribution in [0.3, 0.4) is 0 Å². The lowest BCUT2D eigenvalue weighted by molar-refractivity contribution is 0.415. The molecule has 1 aromatic carbocycles. The highest BCUT2D eigenvalue weighted by atomic mass is 32.2. The minimum Gasteiger partial charge on any atom is -0.497 e. The van der Waals surface area contributed by atoms with Crippen LogP contribution in [0.25, 0.3) is 22.4 Å². The first-order valence-corrected chi connectivity index (χ1v) is 7.99. The molecular formula is C17H17N3OS. The summed E-state index contributed by atoms with van der Waals surface area (Å²) in [5, 5.41) is 2.40. The van der Waals surface area contributed by atoms with Crippen molar-refractivity contribution in [3.8, 4) is 17.1 Å². The minimum absolute atomic E-state index is 0.441. The number of rotatable bonds is 4. The van der Waals surface area contributed by atoms with Crippen LogP contribution >= 0.6 is 11.8 Å². The zero-order valence-corrected chi connectivity index (χ0v) is 13.6. The Balaban J connectivity index is 2.17. The van der Waals surface area contributed by atoms with Crippen LogP contribution in [0.2, 0.25) is 0 Å². The Bertz CT molecular complexity index is 805. The molecular weight excluding hydrogens is 294 g/mol. The van der Waals surface area contributed by atoms with Gasteiger partial charge in [0.25, 0.3) is 0 Å². The fourth-order valence-corrected chi connectivity index (χ4v) is 3.01. The molecule has 0 unspecified atom stereocenters. The predicted molar refractivity (Wildman–Crippen MR) is 90.3 cm³/mol. The Kier molecular flexibility index (Phi) is 4.24. The quantitative estimate of drug-likeness (QED) is 0.534. The number of thioether (sulfide) groups is 1. The highest BCUT2D eigenvalue weighted by Crippen LogP contribution is 2.30. The van der Waals surface area contributed by atoms with Crippen LogP contribution in [0.15, 0.2) is 47.6 Å². The summed E-state index contributed by atoms with van der Waals surface area (Å²) >= 11 is 1.72. The number of hydrogen-bond acceptors (Lipinski definition) is 5. The number of methoxy groups -OCH3 is 1. The Labute approximate surface area is 134 Å². The van der Waals surface area contributed by atoms with Gasteiger partial charge in [0.15, 0.2) is 11.5 Å². The lowest BCUT2D eigenvalue weighted by atomic mass is 10.2. The van der Waals surface area contributed by atoms with Gasteiger partial charge in [-0.15, -0.1) is 11.8 Å². The van der Waals surface area contributed by atoms with Crippen LogP contribution in [-0.4, -0.2) is 27.3 Å². The SMILES string of the molecule is COc1cccc(-c2nc(SC(C)C)c3cccnc3n2)c1. The van der Waals surface area contributed by atoms with Gasteiger partial charge in [-0.3, -0.25) is 0 Å². The third-order valence-electron chi connectivity index (χ3n) is 3.11. The number of ether oxygens (including phenoxy) is 1. The first-order valence-electron chi connectivity index (χ1n) is 7.11. The van der Waals surface area contributed by atoms with E-state index in [2.05, 4.69) is 23.8 Å². The van der Waals surface area contributed by atoms with Crippen LogP contribution in [-0.2, 0) is 0 Å². The van der Waals surface area contributed by atoms with Crippen molar-refractivity contribution in [2.24, 2.45) is 0 Å². The highest BCUT2D eigenvalue weighted by molar-refractivity contribution is 8.00. The molecule has 0 aliphatic carbocycles. The van der Waals surface area contributed by atoms with Gasteiger partial charge in [0.05, 0.1) is 12.5 Å². The summed E-state index contributed by atoms with van der Waals surface area (Å²) in [5.41, 5.74) is 1.65. The molecule has 0 saturated carbocycles. The van der Waals surface area contributed by atoms with Gasteiger partial charge in [-0.1, -0.05) is 26.0 Å². The van der Waals surface area contributed by atoms with Gasteiger partial charge in [0.1, 0.15) is 10.8 Å². The van der Waals surface area contributed by atoms with E-state index in [-0.39, 0.29) is 0 Å². The van der Waals surface area contributed by atoms with Crippen LogP contribution < -0.4 is 4.74 Å². The highest BCUT2D eigenvalue weighted by Gasteiger charge is 2.12. The Morgan fingerprint density at radius 3 is 2.73 bits per heavy atom. The van der Waals surface area contributed by atoms with Crippen molar-refractivity contribution in [3.63, 3.8) is 0 Å². The van der Waals surface area contributed by atoms with Crippen molar-refractivity contribution in [2.75, 3.05) is 7.11 Å². The van der Waals surface area contributed by atoms with E-state index in [1.54, 1.807) is 25.1 Å². The fourth-order valence-electron chi connectivity index (χ4n) is 2.14. The van der Waals surface area contributed by atoms with Crippen molar-refractivity contribution >= 4 is 22.8 Å². The normalized spacial score (nSPS) is 11.1. The van der Waals surface area contributed by atoms with Gasteiger partial charge in [-0.05, 0) is 24.3 Å². The summed E-state index contributed by atoms with van der Waals surface area (Å²) in [6.07, 6.45) is 1.76. The van der Waals surface area contributed by atoms with E-state index in [1.165, 1.54) is 0 Å². The lowest BCUT2D eigenvalue weighted by Crippen LogP contribution is -1.98. The summed E-state index contributed by atoms with van der Waals surface area (Å²) in [7, 11) is 1.65. The molecule has 0 amide bonds. The molecule has 22 heavy (non-hydrogen) atoms. The summed E-state index contributed by atoms with van der Waals surface area (Å²) in [6, 6.07) is 11.7. The second-order valence-corrected chi connectivity index (χ2v) is 6.69. The topological polar surface area (TPSA) is 47.9 Å². The maximum atomic E-state index is 5.28. The standard InChI is InChI=1S/C17H17N3OS/c1-11(2)22-17-14-8-5-9-18-16(14)19-15(20-17)12-6-4-7-13(10-12)21-3/h4-11H,1-3H3. The average molecular weight is 311 g/mol. The van der Waals surface area contributed by atoms with Crippen LogP contribution in [0.1, 0.15) is 13.8 Å². The summed E-state index contributed by atoms with van der Waals surface area (Å²) < 4.78 is 5.28. The van der Waals surface area contributed by atoms with Crippen molar-refractivity contribution in [1.29, 1.82) is 0 Å². The molecule has 2 aromatic heterocycles. The average Bonchev–Trinajstić information content (AvgIpc) is 2.54. The van der Waals surface area contributed by atoms with E-state index in [0.717, 1.165) is 27.4 Å². The summed E-state index contributed by atoms with van der Waals surface area (Å²) in [4.78, 5) is 13.7. The number of aromatic nitrogens is 3. The number of fused-ring (bicyclic) bond motifs is 1. The first-order chi connectivity index (χ1) is 10.7.